The van der Waals surface area contributed by atoms with E-state index in [1.54, 1.807) is 0 Å². The Kier molecular flexibility index (Phi) is 1.71. The normalized spacial score (nSPS) is 17.4. The largest absolute Gasteiger partial charge is 0.437 e. The topological polar surface area (TPSA) is 43.1 Å². The number of Topliss-reactive ketones (excluding diaryl/α,β-unsaturated/α-hetero) is 1. The van der Waals surface area contributed by atoms with Gasteiger partial charge in [-0.05, 0) is 12.8 Å². The molecule has 0 radical (unpaired) electrons. The van der Waals surface area contributed by atoms with Crippen molar-refractivity contribution in [2.75, 3.05) is 0 Å². The van der Waals surface area contributed by atoms with Gasteiger partial charge in [-0.15, -0.1) is 0 Å². The molecule has 0 saturated heterocycles. The summed E-state index contributed by atoms with van der Waals surface area (Å²) >= 11 is 0. The van der Waals surface area contributed by atoms with E-state index in [0.717, 1.165) is 18.7 Å². The lowest BCUT2D eigenvalue weighted by Gasteiger charge is -2.21. The molecule has 1 fully saturated rings. The van der Waals surface area contributed by atoms with Crippen molar-refractivity contribution in [1.82, 2.24) is 4.98 Å². The molecule has 1 aliphatic carbocycles. The van der Waals surface area contributed by atoms with Gasteiger partial charge < -0.3 is 4.42 Å². The molecular formula is C9H11NO2. The molecule has 0 atom stereocenters. The lowest BCUT2D eigenvalue weighted by molar-refractivity contribution is 0.0983. The minimum absolute atomic E-state index is 0.0481. The van der Waals surface area contributed by atoms with Gasteiger partial charge in [0.05, 0.1) is 6.20 Å². The number of hydrogen-bond donors (Lipinski definition) is 0. The second-order valence-corrected chi connectivity index (χ2v) is 3.25. The van der Waals surface area contributed by atoms with Crippen LogP contribution in [0.1, 0.15) is 48.5 Å². The van der Waals surface area contributed by atoms with Crippen molar-refractivity contribution in [3.05, 3.63) is 17.8 Å². The fourth-order valence-electron chi connectivity index (χ4n) is 1.29. The Morgan fingerprint density at radius 1 is 1.67 bits per heavy atom. The van der Waals surface area contributed by atoms with Gasteiger partial charge in [0.2, 0.25) is 0 Å². The molecule has 1 aromatic rings. The molecule has 64 valence electrons. The zero-order valence-electron chi connectivity index (χ0n) is 7.04. The molecule has 3 heteroatoms. The highest BCUT2D eigenvalue weighted by Crippen LogP contribution is 2.35. The first kappa shape index (κ1) is 7.53. The smallest absolute Gasteiger partial charge is 0.198 e. The number of nitrogens with zero attached hydrogens (tertiary/aromatic N) is 1. The van der Waals surface area contributed by atoms with Gasteiger partial charge in [0.15, 0.2) is 17.4 Å². The van der Waals surface area contributed by atoms with E-state index in [4.69, 9.17) is 4.42 Å². The van der Waals surface area contributed by atoms with Crippen LogP contribution in [0.3, 0.4) is 0 Å². The van der Waals surface area contributed by atoms with Crippen molar-refractivity contribution in [3.63, 3.8) is 0 Å². The predicted molar refractivity (Wildman–Crippen MR) is 43.1 cm³/mol. The highest BCUT2D eigenvalue weighted by atomic mass is 16.4. The van der Waals surface area contributed by atoms with Crippen LogP contribution < -0.4 is 0 Å². The molecule has 0 bridgehead atoms. The van der Waals surface area contributed by atoms with Crippen molar-refractivity contribution < 1.29 is 9.21 Å². The zero-order chi connectivity index (χ0) is 8.55. The minimum atomic E-state index is -0.0481. The van der Waals surface area contributed by atoms with Crippen molar-refractivity contribution >= 4 is 5.78 Å². The maximum atomic E-state index is 10.9. The lowest BCUT2D eigenvalue weighted by atomic mass is 9.85. The van der Waals surface area contributed by atoms with Crippen molar-refractivity contribution in [3.8, 4) is 0 Å². The first-order chi connectivity index (χ1) is 5.77. The molecule has 12 heavy (non-hydrogen) atoms. The average Bonchev–Trinajstić information content (AvgIpc) is 2.32. The molecule has 1 saturated carbocycles. The van der Waals surface area contributed by atoms with Crippen LogP contribution in [0, 0.1) is 0 Å². The minimum Gasteiger partial charge on any atom is -0.437 e. The Labute approximate surface area is 70.8 Å². The van der Waals surface area contributed by atoms with Gasteiger partial charge in [0.25, 0.3) is 0 Å². The quantitative estimate of drug-likeness (QED) is 0.630. The highest BCUT2D eigenvalue weighted by Gasteiger charge is 2.24. The van der Waals surface area contributed by atoms with Gasteiger partial charge in [-0.2, -0.15) is 0 Å². The van der Waals surface area contributed by atoms with Crippen LogP contribution >= 0.6 is 0 Å². The van der Waals surface area contributed by atoms with E-state index < -0.39 is 0 Å². The number of rotatable bonds is 2. The summed E-state index contributed by atoms with van der Waals surface area (Å²) in [5, 5.41) is 0. The molecule has 1 aliphatic rings. The van der Waals surface area contributed by atoms with E-state index in [-0.39, 0.29) is 5.78 Å². The van der Waals surface area contributed by atoms with Crippen LogP contribution in [0.4, 0.5) is 0 Å². The molecule has 0 spiro atoms. The van der Waals surface area contributed by atoms with Gasteiger partial charge >= 0.3 is 0 Å². The molecule has 1 aromatic heterocycles. The third-order valence-electron chi connectivity index (χ3n) is 2.32. The summed E-state index contributed by atoms with van der Waals surface area (Å²) in [5.41, 5.74) is 0. The van der Waals surface area contributed by atoms with Gasteiger partial charge in [0.1, 0.15) is 0 Å². The van der Waals surface area contributed by atoms with Crippen molar-refractivity contribution in [2.24, 2.45) is 0 Å². The number of hydrogen-bond acceptors (Lipinski definition) is 3. The molecule has 0 aliphatic heterocycles. The SMILES string of the molecule is CC(=O)c1cnc(C2CCC2)o1. The zero-order valence-corrected chi connectivity index (χ0v) is 7.04. The average molecular weight is 165 g/mol. The standard InChI is InChI=1S/C9H11NO2/c1-6(11)8-5-10-9(12-8)7-3-2-4-7/h5,7H,2-4H2,1H3. The summed E-state index contributed by atoms with van der Waals surface area (Å²) in [6.07, 6.45) is 5.08. The Morgan fingerprint density at radius 3 is 2.83 bits per heavy atom. The maximum absolute atomic E-state index is 10.9. The summed E-state index contributed by atoms with van der Waals surface area (Å²) in [5.74, 6) is 1.55. The summed E-state index contributed by atoms with van der Waals surface area (Å²) in [4.78, 5) is 14.9. The molecule has 3 nitrogen and oxygen atoms in total. The number of ketones is 1. The lowest BCUT2D eigenvalue weighted by Crippen LogP contribution is -2.08. The molecule has 0 aromatic carbocycles. The van der Waals surface area contributed by atoms with E-state index in [9.17, 15) is 4.79 Å². The maximum Gasteiger partial charge on any atom is 0.198 e. The number of aromatic nitrogens is 1. The van der Waals surface area contributed by atoms with Gasteiger partial charge in [0, 0.05) is 12.8 Å². The fourth-order valence-corrected chi connectivity index (χ4v) is 1.29. The molecule has 1 heterocycles. The Hall–Kier alpha value is -1.12. The van der Waals surface area contributed by atoms with E-state index in [1.807, 2.05) is 0 Å². The highest BCUT2D eigenvalue weighted by molar-refractivity contribution is 5.90. The van der Waals surface area contributed by atoms with Crippen LogP contribution in [0.5, 0.6) is 0 Å². The summed E-state index contributed by atoms with van der Waals surface area (Å²) < 4.78 is 5.29. The van der Waals surface area contributed by atoms with Crippen LogP contribution in [0.25, 0.3) is 0 Å². The fraction of sp³-hybridized carbons (Fsp3) is 0.556. The molecule has 0 unspecified atom stereocenters. The second-order valence-electron chi connectivity index (χ2n) is 3.25. The summed E-state index contributed by atoms with van der Waals surface area (Å²) in [6.45, 7) is 1.49. The number of oxazole rings is 1. The Bertz CT molecular complexity index is 299. The second kappa shape index (κ2) is 2.73. The van der Waals surface area contributed by atoms with E-state index in [2.05, 4.69) is 4.98 Å². The predicted octanol–water partition coefficient (Wildman–Crippen LogP) is 2.14. The van der Waals surface area contributed by atoms with E-state index in [1.165, 1.54) is 19.5 Å². The van der Waals surface area contributed by atoms with E-state index >= 15 is 0 Å². The molecular weight excluding hydrogens is 154 g/mol. The van der Waals surface area contributed by atoms with Crippen LogP contribution in [-0.4, -0.2) is 10.8 Å². The summed E-state index contributed by atoms with van der Waals surface area (Å²) in [6, 6.07) is 0. The van der Waals surface area contributed by atoms with Gasteiger partial charge in [-0.1, -0.05) is 6.42 Å². The van der Waals surface area contributed by atoms with Crippen LogP contribution in [0.2, 0.25) is 0 Å². The first-order valence-corrected chi connectivity index (χ1v) is 4.24. The van der Waals surface area contributed by atoms with Gasteiger partial charge in [-0.3, -0.25) is 4.79 Å². The third-order valence-corrected chi connectivity index (χ3v) is 2.32. The van der Waals surface area contributed by atoms with Crippen molar-refractivity contribution in [1.29, 1.82) is 0 Å². The molecule has 0 amide bonds. The molecule has 0 N–H and O–H groups in total. The monoisotopic (exact) mass is 165 g/mol. The number of carbonyl (C=O) groups excluding carboxylic acids is 1. The van der Waals surface area contributed by atoms with E-state index in [0.29, 0.717) is 11.7 Å². The van der Waals surface area contributed by atoms with Crippen molar-refractivity contribution in [2.45, 2.75) is 32.1 Å². The molecule has 2 rings (SSSR count). The Morgan fingerprint density at radius 2 is 2.42 bits per heavy atom. The van der Waals surface area contributed by atoms with Crippen LogP contribution in [0.15, 0.2) is 10.6 Å². The van der Waals surface area contributed by atoms with Crippen LogP contribution in [-0.2, 0) is 0 Å². The van der Waals surface area contributed by atoms with Gasteiger partial charge in [-0.25, -0.2) is 4.98 Å². The summed E-state index contributed by atoms with van der Waals surface area (Å²) in [7, 11) is 0. The number of carbonyl (C=O) groups is 1. The Balaban J connectivity index is 2.17. The first-order valence-electron chi connectivity index (χ1n) is 4.24. The third kappa shape index (κ3) is 1.15.